The van der Waals surface area contributed by atoms with Crippen molar-refractivity contribution in [1.29, 1.82) is 0 Å². The third-order valence-corrected chi connectivity index (χ3v) is 6.85. The maximum absolute atomic E-state index is 12.8. The molecule has 2 rings (SSSR count). The zero-order chi connectivity index (χ0) is 21.1. The lowest BCUT2D eigenvalue weighted by atomic mass is 10.1. The molecule has 11 heteroatoms. The van der Waals surface area contributed by atoms with Crippen LogP contribution in [0.3, 0.4) is 0 Å². The molecule has 2 aromatic rings. The van der Waals surface area contributed by atoms with E-state index in [0.717, 1.165) is 14.2 Å². The van der Waals surface area contributed by atoms with Crippen LogP contribution in [0, 0.1) is 6.92 Å². The number of carbonyl (C=O) groups is 3. The van der Waals surface area contributed by atoms with Gasteiger partial charge in [0, 0.05) is 5.69 Å². The molecule has 0 spiro atoms. The molecule has 0 saturated carbocycles. The molecule has 28 heavy (non-hydrogen) atoms. The van der Waals surface area contributed by atoms with E-state index in [1.165, 1.54) is 31.2 Å². The largest absolute Gasteiger partial charge is 0.481 e. The average molecular weight is 427 g/mol. The van der Waals surface area contributed by atoms with Crippen molar-refractivity contribution in [2.75, 3.05) is 18.9 Å². The number of rotatable bonds is 7. The molecule has 1 aromatic heterocycles. The number of thiophene rings is 1. The van der Waals surface area contributed by atoms with Crippen molar-refractivity contribution in [3.63, 3.8) is 0 Å². The van der Waals surface area contributed by atoms with Gasteiger partial charge in [0.1, 0.15) is 4.88 Å². The van der Waals surface area contributed by atoms with Crippen LogP contribution in [0.4, 0.5) is 5.69 Å². The van der Waals surface area contributed by atoms with Gasteiger partial charge in [-0.15, -0.1) is 11.3 Å². The normalized spacial score (nSPS) is 11.0. The highest BCUT2D eigenvalue weighted by atomic mass is 32.2. The van der Waals surface area contributed by atoms with Gasteiger partial charge < -0.3 is 14.6 Å². The van der Waals surface area contributed by atoms with E-state index >= 15 is 0 Å². The summed E-state index contributed by atoms with van der Waals surface area (Å²) in [7, 11) is -1.99. The Hall–Kier alpha value is -2.92. The summed E-state index contributed by atoms with van der Waals surface area (Å²) < 4.78 is 36.9. The molecule has 0 aliphatic rings. The van der Waals surface area contributed by atoms with Crippen LogP contribution in [0.1, 0.15) is 31.2 Å². The fourth-order valence-electron chi connectivity index (χ4n) is 2.37. The number of sulfonamides is 1. The summed E-state index contributed by atoms with van der Waals surface area (Å²) in [5.74, 6) is -2.69. The van der Waals surface area contributed by atoms with Gasteiger partial charge in [-0.1, -0.05) is 12.1 Å². The number of ether oxygens (including phenoxy) is 2. The molecule has 0 atom stereocenters. The van der Waals surface area contributed by atoms with Gasteiger partial charge in [-0.05, 0) is 30.2 Å². The van der Waals surface area contributed by atoms with E-state index in [4.69, 9.17) is 5.11 Å². The highest BCUT2D eigenvalue weighted by Gasteiger charge is 2.32. The minimum atomic E-state index is -4.23. The Labute approximate surface area is 164 Å². The molecular weight excluding hydrogens is 410 g/mol. The fraction of sp³-hybridized carbons (Fsp3) is 0.235. The van der Waals surface area contributed by atoms with E-state index < -0.39 is 27.9 Å². The van der Waals surface area contributed by atoms with Crippen LogP contribution in [-0.2, 0) is 30.7 Å². The van der Waals surface area contributed by atoms with Crippen molar-refractivity contribution in [3.05, 3.63) is 45.8 Å². The molecule has 0 amide bonds. The maximum atomic E-state index is 12.8. The molecular formula is C17H17NO8S2. The summed E-state index contributed by atoms with van der Waals surface area (Å²) in [6, 6.07) is 5.73. The number of hydrogen-bond donors (Lipinski definition) is 2. The van der Waals surface area contributed by atoms with E-state index in [2.05, 4.69) is 14.2 Å². The SMILES string of the molecule is COC(=O)c1sc(S(=O)(=O)Nc2ccc(CC(=O)O)cc2)c(C(=O)OC)c1C. The first-order valence-electron chi connectivity index (χ1n) is 7.74. The number of methoxy groups -OCH3 is 2. The van der Waals surface area contributed by atoms with Gasteiger partial charge in [0.25, 0.3) is 10.0 Å². The highest BCUT2D eigenvalue weighted by molar-refractivity contribution is 7.94. The van der Waals surface area contributed by atoms with Crippen LogP contribution >= 0.6 is 11.3 Å². The molecule has 2 N–H and O–H groups in total. The molecule has 1 aromatic carbocycles. The first-order chi connectivity index (χ1) is 13.1. The topological polar surface area (TPSA) is 136 Å². The number of carbonyl (C=O) groups excluding carboxylic acids is 2. The van der Waals surface area contributed by atoms with Gasteiger partial charge in [0.05, 0.1) is 26.2 Å². The molecule has 0 radical (unpaired) electrons. The number of esters is 2. The number of benzene rings is 1. The van der Waals surface area contributed by atoms with Crippen LogP contribution in [0.2, 0.25) is 0 Å². The number of carboxylic acid groups (broad SMARTS) is 1. The molecule has 0 fully saturated rings. The van der Waals surface area contributed by atoms with Gasteiger partial charge in [-0.25, -0.2) is 18.0 Å². The lowest BCUT2D eigenvalue weighted by Crippen LogP contribution is -2.16. The van der Waals surface area contributed by atoms with Crippen LogP contribution in [-0.4, -0.2) is 45.7 Å². The minimum Gasteiger partial charge on any atom is -0.481 e. The monoisotopic (exact) mass is 427 g/mol. The van der Waals surface area contributed by atoms with Crippen molar-refractivity contribution < 1.29 is 37.4 Å². The van der Waals surface area contributed by atoms with Crippen LogP contribution < -0.4 is 4.72 Å². The molecule has 0 bridgehead atoms. The van der Waals surface area contributed by atoms with Crippen LogP contribution in [0.5, 0.6) is 0 Å². The molecule has 1 heterocycles. The maximum Gasteiger partial charge on any atom is 0.348 e. The molecule has 0 aliphatic heterocycles. The number of nitrogens with one attached hydrogen (secondary N) is 1. The molecule has 150 valence electrons. The smallest absolute Gasteiger partial charge is 0.348 e. The second-order valence-electron chi connectivity index (χ2n) is 5.57. The van der Waals surface area contributed by atoms with Crippen molar-refractivity contribution in [3.8, 4) is 0 Å². The van der Waals surface area contributed by atoms with Crippen LogP contribution in [0.25, 0.3) is 0 Å². The second-order valence-corrected chi connectivity index (χ2v) is 8.47. The zero-order valence-electron chi connectivity index (χ0n) is 15.1. The van der Waals surface area contributed by atoms with Gasteiger partial charge in [-0.2, -0.15) is 0 Å². The van der Waals surface area contributed by atoms with Crippen molar-refractivity contribution >= 4 is 45.0 Å². The quantitative estimate of drug-likeness (QED) is 0.641. The second kappa shape index (κ2) is 8.40. The lowest BCUT2D eigenvalue weighted by molar-refractivity contribution is -0.136. The van der Waals surface area contributed by atoms with Crippen molar-refractivity contribution in [2.24, 2.45) is 0 Å². The first-order valence-corrected chi connectivity index (χ1v) is 10.0. The summed E-state index contributed by atoms with van der Waals surface area (Å²) in [5.41, 5.74) is 0.546. The number of hydrogen-bond acceptors (Lipinski definition) is 8. The third-order valence-electron chi connectivity index (χ3n) is 3.68. The predicted octanol–water partition coefficient (Wildman–Crippen LogP) is 2.06. The predicted molar refractivity (Wildman–Crippen MR) is 100 cm³/mol. The Morgan fingerprint density at radius 3 is 2.14 bits per heavy atom. The van der Waals surface area contributed by atoms with Gasteiger partial charge in [0.15, 0.2) is 4.21 Å². The highest BCUT2D eigenvalue weighted by Crippen LogP contribution is 2.34. The number of anilines is 1. The summed E-state index contributed by atoms with van der Waals surface area (Å²) >= 11 is 0.597. The van der Waals surface area contributed by atoms with E-state index in [9.17, 15) is 22.8 Å². The first kappa shape index (κ1) is 21.4. The van der Waals surface area contributed by atoms with Crippen LogP contribution in [0.15, 0.2) is 28.5 Å². The minimum absolute atomic E-state index is 0.0277. The molecule has 0 unspecified atom stereocenters. The summed E-state index contributed by atoms with van der Waals surface area (Å²) in [6.45, 7) is 1.43. The molecule has 0 aliphatic carbocycles. The van der Waals surface area contributed by atoms with Gasteiger partial charge >= 0.3 is 17.9 Å². The van der Waals surface area contributed by atoms with E-state index in [1.807, 2.05) is 0 Å². The summed E-state index contributed by atoms with van der Waals surface area (Å²) in [6.07, 6.45) is -0.202. The number of carboxylic acids is 1. The average Bonchev–Trinajstić information content (AvgIpc) is 2.99. The Morgan fingerprint density at radius 1 is 1.07 bits per heavy atom. The summed E-state index contributed by atoms with van der Waals surface area (Å²) in [5, 5.41) is 8.78. The third kappa shape index (κ3) is 4.49. The zero-order valence-corrected chi connectivity index (χ0v) is 16.8. The van der Waals surface area contributed by atoms with Gasteiger partial charge in [0.2, 0.25) is 0 Å². The standard InChI is InChI=1S/C17H17NO8S2/c1-9-13(15(21)25-2)17(27-14(9)16(22)26-3)28(23,24)18-11-6-4-10(5-7-11)8-12(19)20/h4-7,18H,8H2,1-3H3,(H,19,20). The summed E-state index contributed by atoms with van der Waals surface area (Å²) in [4.78, 5) is 34.7. The lowest BCUT2D eigenvalue weighted by Gasteiger charge is -2.09. The Kier molecular flexibility index (Phi) is 6.41. The fourth-order valence-corrected chi connectivity index (χ4v) is 5.17. The van der Waals surface area contributed by atoms with E-state index in [0.29, 0.717) is 16.9 Å². The van der Waals surface area contributed by atoms with Crippen molar-refractivity contribution in [2.45, 2.75) is 17.6 Å². The van der Waals surface area contributed by atoms with E-state index in [-0.39, 0.29) is 32.3 Å². The van der Waals surface area contributed by atoms with Crippen molar-refractivity contribution in [1.82, 2.24) is 0 Å². The van der Waals surface area contributed by atoms with Gasteiger partial charge in [-0.3, -0.25) is 9.52 Å². The molecule has 0 saturated heterocycles. The Bertz CT molecular complexity index is 1020. The molecule has 9 nitrogen and oxygen atoms in total. The Balaban J connectivity index is 2.45. The van der Waals surface area contributed by atoms with E-state index in [1.54, 1.807) is 0 Å². The Morgan fingerprint density at radius 2 is 1.64 bits per heavy atom. The number of aliphatic carboxylic acids is 1.